The van der Waals surface area contributed by atoms with E-state index in [1.807, 2.05) is 5.32 Å². The fourth-order valence-electron chi connectivity index (χ4n) is 1.38. The topological polar surface area (TPSA) is 128 Å². The number of hydrogen-bond donors (Lipinski definition) is 2. The standard InChI is InChI=1S/C12H12ClN3O6/c1-6(10(17)15-12(19)14-2)22-11(18)8-5-7(13)3-4-9(8)16(20)21/h3-6H,1-2H3,(H2,14,15,17,19)/t6-/m0/s1. The van der Waals surface area contributed by atoms with E-state index in [9.17, 15) is 24.5 Å². The Morgan fingerprint density at radius 3 is 2.55 bits per heavy atom. The molecule has 0 fully saturated rings. The molecule has 1 aromatic carbocycles. The van der Waals surface area contributed by atoms with Gasteiger partial charge in [0.1, 0.15) is 5.56 Å². The Labute approximate surface area is 129 Å². The molecule has 2 N–H and O–H groups in total. The molecule has 0 aliphatic rings. The monoisotopic (exact) mass is 329 g/mol. The van der Waals surface area contributed by atoms with Crippen molar-refractivity contribution in [1.82, 2.24) is 10.6 Å². The first-order chi connectivity index (χ1) is 10.3. The van der Waals surface area contributed by atoms with Crippen LogP contribution in [0.5, 0.6) is 0 Å². The van der Waals surface area contributed by atoms with Gasteiger partial charge < -0.3 is 10.1 Å². The predicted molar refractivity (Wildman–Crippen MR) is 75.6 cm³/mol. The number of nitro groups is 1. The van der Waals surface area contributed by atoms with Crippen LogP contribution in [0.3, 0.4) is 0 Å². The highest BCUT2D eigenvalue weighted by molar-refractivity contribution is 6.31. The minimum Gasteiger partial charge on any atom is -0.449 e. The number of esters is 1. The molecule has 1 atom stereocenters. The molecule has 3 amide bonds. The second-order valence-corrected chi connectivity index (χ2v) is 4.47. The Morgan fingerprint density at radius 1 is 1.36 bits per heavy atom. The highest BCUT2D eigenvalue weighted by Gasteiger charge is 2.26. The summed E-state index contributed by atoms with van der Waals surface area (Å²) >= 11 is 5.69. The average Bonchev–Trinajstić information content (AvgIpc) is 2.46. The normalized spacial score (nSPS) is 11.2. The Morgan fingerprint density at radius 2 is 2.00 bits per heavy atom. The molecule has 9 nitrogen and oxygen atoms in total. The van der Waals surface area contributed by atoms with Crippen LogP contribution in [0.2, 0.25) is 5.02 Å². The Kier molecular flexibility index (Phi) is 5.81. The summed E-state index contributed by atoms with van der Waals surface area (Å²) in [6.07, 6.45) is -1.33. The zero-order valence-corrected chi connectivity index (χ0v) is 12.3. The number of carbonyl (C=O) groups is 3. The van der Waals surface area contributed by atoms with Gasteiger partial charge in [0.2, 0.25) is 0 Å². The minimum absolute atomic E-state index is 0.0972. The van der Waals surface area contributed by atoms with Gasteiger partial charge in [0.05, 0.1) is 4.92 Å². The summed E-state index contributed by atoms with van der Waals surface area (Å²) in [7, 11) is 1.30. The number of ether oxygens (including phenoxy) is 1. The maximum atomic E-state index is 11.9. The molecular formula is C12H12ClN3O6. The lowest BCUT2D eigenvalue weighted by Gasteiger charge is -2.12. The van der Waals surface area contributed by atoms with Gasteiger partial charge in [-0.15, -0.1) is 0 Å². The van der Waals surface area contributed by atoms with E-state index < -0.39 is 40.2 Å². The second kappa shape index (κ2) is 7.36. The van der Waals surface area contributed by atoms with E-state index in [0.29, 0.717) is 0 Å². The number of benzene rings is 1. The molecule has 22 heavy (non-hydrogen) atoms. The van der Waals surface area contributed by atoms with Gasteiger partial charge in [-0.05, 0) is 19.1 Å². The van der Waals surface area contributed by atoms with Gasteiger partial charge in [-0.1, -0.05) is 11.6 Å². The largest absolute Gasteiger partial charge is 0.449 e. The van der Waals surface area contributed by atoms with Gasteiger partial charge in [0, 0.05) is 18.1 Å². The summed E-state index contributed by atoms with van der Waals surface area (Å²) in [5, 5.41) is 15.0. The van der Waals surface area contributed by atoms with Crippen LogP contribution < -0.4 is 10.6 Å². The number of halogens is 1. The number of rotatable bonds is 4. The predicted octanol–water partition coefficient (Wildman–Crippen LogP) is 1.25. The third-order valence-corrected chi connectivity index (χ3v) is 2.73. The van der Waals surface area contributed by atoms with Gasteiger partial charge in [-0.2, -0.15) is 0 Å². The molecule has 0 saturated carbocycles. The first-order valence-corrected chi connectivity index (χ1v) is 6.31. The van der Waals surface area contributed by atoms with Crippen LogP contribution in [0.15, 0.2) is 18.2 Å². The van der Waals surface area contributed by atoms with Gasteiger partial charge >= 0.3 is 12.0 Å². The molecule has 0 heterocycles. The van der Waals surface area contributed by atoms with E-state index >= 15 is 0 Å². The minimum atomic E-state index is -1.33. The highest BCUT2D eigenvalue weighted by atomic mass is 35.5. The van der Waals surface area contributed by atoms with Crippen LogP contribution in [0.25, 0.3) is 0 Å². The lowest BCUT2D eigenvalue weighted by Crippen LogP contribution is -2.43. The highest BCUT2D eigenvalue weighted by Crippen LogP contribution is 2.23. The molecule has 0 unspecified atom stereocenters. The molecule has 118 valence electrons. The van der Waals surface area contributed by atoms with E-state index in [1.165, 1.54) is 20.0 Å². The smallest absolute Gasteiger partial charge is 0.345 e. The first kappa shape index (κ1) is 17.4. The van der Waals surface area contributed by atoms with E-state index in [2.05, 4.69) is 5.32 Å². The Balaban J connectivity index is 2.89. The van der Waals surface area contributed by atoms with Crippen LogP contribution in [0.4, 0.5) is 10.5 Å². The zero-order chi connectivity index (χ0) is 16.9. The summed E-state index contributed by atoms with van der Waals surface area (Å²) in [6, 6.07) is 2.58. The molecule has 0 aromatic heterocycles. The second-order valence-electron chi connectivity index (χ2n) is 4.03. The van der Waals surface area contributed by atoms with Gasteiger partial charge in [-0.3, -0.25) is 20.2 Å². The molecule has 0 aliphatic heterocycles. The maximum Gasteiger partial charge on any atom is 0.345 e. The number of urea groups is 1. The van der Waals surface area contributed by atoms with Crippen molar-refractivity contribution in [2.75, 3.05) is 7.05 Å². The van der Waals surface area contributed by atoms with Crippen molar-refractivity contribution in [3.8, 4) is 0 Å². The fraction of sp³-hybridized carbons (Fsp3) is 0.250. The van der Waals surface area contributed by atoms with E-state index in [1.54, 1.807) is 0 Å². The van der Waals surface area contributed by atoms with Crippen molar-refractivity contribution < 1.29 is 24.0 Å². The lowest BCUT2D eigenvalue weighted by atomic mass is 10.2. The van der Waals surface area contributed by atoms with Crippen LogP contribution in [-0.4, -0.2) is 36.0 Å². The summed E-state index contributed by atoms with van der Waals surface area (Å²) in [5.74, 6) is -1.98. The summed E-state index contributed by atoms with van der Waals surface area (Å²) < 4.78 is 4.80. The number of hydrogen-bond acceptors (Lipinski definition) is 6. The number of carbonyl (C=O) groups excluding carboxylic acids is 3. The van der Waals surface area contributed by atoms with E-state index in [0.717, 1.165) is 12.1 Å². The molecule has 1 rings (SSSR count). The Hall–Kier alpha value is -2.68. The molecule has 0 spiro atoms. The lowest BCUT2D eigenvalue weighted by molar-refractivity contribution is -0.385. The van der Waals surface area contributed by atoms with Gasteiger partial charge in [-0.25, -0.2) is 9.59 Å². The van der Waals surface area contributed by atoms with Crippen LogP contribution in [0, 0.1) is 10.1 Å². The molecule has 10 heteroatoms. The van der Waals surface area contributed by atoms with Gasteiger partial charge in [0.25, 0.3) is 11.6 Å². The van der Waals surface area contributed by atoms with Crippen molar-refractivity contribution >= 4 is 35.2 Å². The molecule has 0 bridgehead atoms. The summed E-state index contributed by atoms with van der Waals surface area (Å²) in [6.45, 7) is 1.21. The third kappa shape index (κ3) is 4.42. The van der Waals surface area contributed by atoms with Crippen molar-refractivity contribution in [3.63, 3.8) is 0 Å². The summed E-state index contributed by atoms with van der Waals surface area (Å²) in [4.78, 5) is 44.6. The molecule has 0 saturated heterocycles. The maximum absolute atomic E-state index is 11.9. The number of amides is 3. The Bertz CT molecular complexity index is 633. The summed E-state index contributed by atoms with van der Waals surface area (Å²) in [5.41, 5.74) is -0.898. The number of imide groups is 1. The first-order valence-electron chi connectivity index (χ1n) is 5.93. The quantitative estimate of drug-likeness (QED) is 0.486. The number of nitrogens with zero attached hydrogens (tertiary/aromatic N) is 1. The van der Waals surface area contributed by atoms with Crippen molar-refractivity contribution in [3.05, 3.63) is 38.9 Å². The van der Waals surface area contributed by atoms with Crippen LogP contribution >= 0.6 is 11.6 Å². The van der Waals surface area contributed by atoms with Crippen molar-refractivity contribution in [2.45, 2.75) is 13.0 Å². The molecular weight excluding hydrogens is 318 g/mol. The van der Waals surface area contributed by atoms with Gasteiger partial charge in [0.15, 0.2) is 6.10 Å². The SMILES string of the molecule is CNC(=O)NC(=O)[C@H](C)OC(=O)c1cc(Cl)ccc1[N+](=O)[O-]. The number of nitro benzene ring substituents is 1. The number of nitrogens with one attached hydrogen (secondary N) is 2. The van der Waals surface area contributed by atoms with Crippen molar-refractivity contribution in [1.29, 1.82) is 0 Å². The average molecular weight is 330 g/mol. The van der Waals surface area contributed by atoms with Crippen molar-refractivity contribution in [2.24, 2.45) is 0 Å². The molecule has 0 aliphatic carbocycles. The van der Waals surface area contributed by atoms with Crippen LogP contribution in [0.1, 0.15) is 17.3 Å². The molecule has 0 radical (unpaired) electrons. The van der Waals surface area contributed by atoms with E-state index in [-0.39, 0.29) is 5.02 Å². The fourth-order valence-corrected chi connectivity index (χ4v) is 1.56. The zero-order valence-electron chi connectivity index (χ0n) is 11.6. The third-order valence-electron chi connectivity index (χ3n) is 2.49. The van der Waals surface area contributed by atoms with E-state index in [4.69, 9.17) is 16.3 Å². The molecule has 1 aromatic rings. The van der Waals surface area contributed by atoms with Crippen LogP contribution in [-0.2, 0) is 9.53 Å².